The number of carbonyl (C=O) groups excluding carboxylic acids is 2. The number of methoxy groups -OCH3 is 2. The van der Waals surface area contributed by atoms with Gasteiger partial charge in [-0.25, -0.2) is 19.6 Å². The van der Waals surface area contributed by atoms with Crippen LogP contribution in [-0.4, -0.2) is 63.3 Å². The zero-order chi connectivity index (χ0) is 23.0. The molecule has 0 saturated carbocycles. The summed E-state index contributed by atoms with van der Waals surface area (Å²) in [5.41, 5.74) is 3.45. The summed E-state index contributed by atoms with van der Waals surface area (Å²) in [5, 5.41) is 0. The first-order valence-electron chi connectivity index (χ1n) is 10.8. The van der Waals surface area contributed by atoms with Crippen LogP contribution in [0.2, 0.25) is 0 Å². The fraction of sp³-hybridized carbons (Fsp3) is 0.360. The largest absolute Gasteiger partial charge is 0.477 e. The normalized spacial score (nSPS) is 22.5. The van der Waals surface area contributed by atoms with Gasteiger partial charge < -0.3 is 18.9 Å². The summed E-state index contributed by atoms with van der Waals surface area (Å²) in [6, 6.07) is 14.8. The molecule has 0 radical (unpaired) electrons. The second-order valence-corrected chi connectivity index (χ2v) is 8.32. The van der Waals surface area contributed by atoms with Crippen LogP contribution in [0.5, 0.6) is 0 Å². The average molecular weight is 448 g/mol. The van der Waals surface area contributed by atoms with Crippen LogP contribution >= 0.6 is 0 Å². The van der Waals surface area contributed by atoms with Gasteiger partial charge in [0.2, 0.25) is 11.8 Å². The number of aliphatic imine (C=N–C) groups is 2. The molecule has 2 atom stereocenters. The van der Waals surface area contributed by atoms with Gasteiger partial charge in [-0.1, -0.05) is 48.5 Å². The first-order chi connectivity index (χ1) is 16.1. The van der Waals surface area contributed by atoms with Crippen molar-refractivity contribution < 1.29 is 28.5 Å². The second-order valence-electron chi connectivity index (χ2n) is 8.32. The minimum absolute atomic E-state index is 0.0841. The van der Waals surface area contributed by atoms with Crippen LogP contribution in [0.15, 0.2) is 58.5 Å². The summed E-state index contributed by atoms with van der Waals surface area (Å²) in [5.74, 6) is -0.185. The number of esters is 2. The number of nitrogens with zero attached hydrogens (tertiary/aromatic N) is 2. The molecule has 8 nitrogen and oxygen atoms in total. The lowest BCUT2D eigenvalue weighted by Crippen LogP contribution is -2.43. The van der Waals surface area contributed by atoms with E-state index in [-0.39, 0.29) is 13.2 Å². The Hall–Kier alpha value is -3.68. The summed E-state index contributed by atoms with van der Waals surface area (Å²) >= 11 is 0. The maximum absolute atomic E-state index is 12.2. The predicted molar refractivity (Wildman–Crippen MR) is 120 cm³/mol. The van der Waals surface area contributed by atoms with Gasteiger partial charge >= 0.3 is 11.9 Å². The van der Waals surface area contributed by atoms with Crippen molar-refractivity contribution in [1.29, 1.82) is 0 Å². The fourth-order valence-corrected chi connectivity index (χ4v) is 4.77. The summed E-state index contributed by atoms with van der Waals surface area (Å²) in [4.78, 5) is 33.6. The fourth-order valence-electron chi connectivity index (χ4n) is 4.77. The molecule has 1 aliphatic carbocycles. The van der Waals surface area contributed by atoms with Crippen molar-refractivity contribution in [2.24, 2.45) is 15.4 Å². The molecule has 3 aliphatic rings. The Balaban J connectivity index is 1.69. The zero-order valence-corrected chi connectivity index (χ0v) is 18.4. The molecule has 0 spiro atoms. The number of ether oxygens (including phenoxy) is 4. The number of hydrogen-bond donors (Lipinski definition) is 0. The Morgan fingerprint density at radius 2 is 1.21 bits per heavy atom. The molecule has 2 aliphatic heterocycles. The lowest BCUT2D eigenvalue weighted by atomic mass is 9.77. The molecule has 0 unspecified atom stereocenters. The molecule has 33 heavy (non-hydrogen) atoms. The van der Waals surface area contributed by atoms with E-state index >= 15 is 0 Å². The van der Waals surface area contributed by atoms with Crippen molar-refractivity contribution in [3.63, 3.8) is 0 Å². The van der Waals surface area contributed by atoms with Crippen molar-refractivity contribution in [2.45, 2.75) is 24.9 Å². The average Bonchev–Trinajstić information content (AvgIpc) is 3.52. The molecule has 2 heterocycles. The molecule has 2 aromatic carbocycles. The highest BCUT2D eigenvalue weighted by Crippen LogP contribution is 2.44. The summed E-state index contributed by atoms with van der Waals surface area (Å²) in [6.45, 7) is 0.168. The Morgan fingerprint density at radius 1 is 0.788 bits per heavy atom. The van der Waals surface area contributed by atoms with Crippen LogP contribution in [0.1, 0.15) is 11.1 Å². The number of benzene rings is 2. The van der Waals surface area contributed by atoms with Crippen LogP contribution in [-0.2, 0) is 41.4 Å². The molecular formula is C25H24N2O6. The summed E-state index contributed by atoms with van der Waals surface area (Å²) in [7, 11) is 2.66. The minimum atomic E-state index is -0.922. The number of carbonyl (C=O) groups is 2. The topological polar surface area (TPSA) is 95.8 Å². The van der Waals surface area contributed by atoms with Gasteiger partial charge in [0, 0.05) is 0 Å². The molecule has 0 saturated heterocycles. The smallest absolute Gasteiger partial charge is 0.334 e. The van der Waals surface area contributed by atoms with Gasteiger partial charge in [0.15, 0.2) is 12.1 Å². The number of hydrogen-bond acceptors (Lipinski definition) is 8. The molecule has 8 heteroatoms. The molecular weight excluding hydrogens is 424 g/mol. The summed E-state index contributed by atoms with van der Waals surface area (Å²) < 4.78 is 21.8. The highest BCUT2D eigenvalue weighted by atomic mass is 16.5. The van der Waals surface area contributed by atoms with E-state index in [0.29, 0.717) is 24.6 Å². The van der Waals surface area contributed by atoms with Crippen molar-refractivity contribution in [3.8, 4) is 11.1 Å². The van der Waals surface area contributed by atoms with E-state index in [0.717, 1.165) is 22.3 Å². The van der Waals surface area contributed by atoms with Crippen LogP contribution in [0.4, 0.5) is 0 Å². The van der Waals surface area contributed by atoms with Gasteiger partial charge in [0.25, 0.3) is 0 Å². The van der Waals surface area contributed by atoms with E-state index < -0.39 is 29.4 Å². The van der Waals surface area contributed by atoms with Crippen LogP contribution in [0.3, 0.4) is 0 Å². The van der Waals surface area contributed by atoms with Gasteiger partial charge in [-0.05, 0) is 35.1 Å². The van der Waals surface area contributed by atoms with E-state index in [1.807, 2.05) is 24.3 Å². The van der Waals surface area contributed by atoms with Crippen LogP contribution < -0.4 is 0 Å². The molecule has 170 valence electrons. The molecule has 0 bridgehead atoms. The highest BCUT2D eigenvalue weighted by molar-refractivity contribution is 6.09. The quantitative estimate of drug-likeness (QED) is 0.667. The third-order valence-electron chi connectivity index (χ3n) is 6.38. The highest BCUT2D eigenvalue weighted by Gasteiger charge is 2.52. The minimum Gasteiger partial charge on any atom is -0.477 e. The predicted octanol–water partition coefficient (Wildman–Crippen LogP) is 2.38. The second kappa shape index (κ2) is 8.35. The van der Waals surface area contributed by atoms with Gasteiger partial charge in [-0.3, -0.25) is 0 Å². The molecule has 0 amide bonds. The van der Waals surface area contributed by atoms with E-state index in [1.165, 1.54) is 14.2 Å². The zero-order valence-electron chi connectivity index (χ0n) is 18.4. The monoisotopic (exact) mass is 448 g/mol. The first-order valence-corrected chi connectivity index (χ1v) is 10.8. The van der Waals surface area contributed by atoms with E-state index in [1.54, 1.807) is 0 Å². The van der Waals surface area contributed by atoms with Gasteiger partial charge in [-0.15, -0.1) is 0 Å². The first kappa shape index (κ1) is 21.2. The number of rotatable bonds is 4. The van der Waals surface area contributed by atoms with E-state index in [4.69, 9.17) is 18.9 Å². The Morgan fingerprint density at radius 3 is 1.64 bits per heavy atom. The Bertz CT molecular complexity index is 1080. The lowest BCUT2D eigenvalue weighted by Gasteiger charge is -2.31. The molecule has 0 N–H and O–H groups in total. The summed E-state index contributed by atoms with van der Waals surface area (Å²) in [6.07, 6.45) is 0.967. The van der Waals surface area contributed by atoms with Crippen LogP contribution in [0, 0.1) is 5.41 Å². The molecule has 0 fully saturated rings. The van der Waals surface area contributed by atoms with Gasteiger partial charge in [-0.2, -0.15) is 0 Å². The number of fused-ring (bicyclic) bond motifs is 3. The third-order valence-corrected chi connectivity index (χ3v) is 6.38. The Kier molecular flexibility index (Phi) is 5.36. The van der Waals surface area contributed by atoms with Crippen molar-refractivity contribution in [1.82, 2.24) is 0 Å². The maximum Gasteiger partial charge on any atom is 0.334 e. The Labute approximate surface area is 191 Å². The van der Waals surface area contributed by atoms with Crippen molar-refractivity contribution in [2.75, 3.05) is 27.4 Å². The molecule has 2 aromatic rings. The van der Waals surface area contributed by atoms with Crippen molar-refractivity contribution >= 4 is 23.7 Å². The van der Waals surface area contributed by atoms with E-state index in [9.17, 15) is 9.59 Å². The van der Waals surface area contributed by atoms with Crippen molar-refractivity contribution in [3.05, 3.63) is 59.7 Å². The SMILES string of the molecule is COC(=O)[C@@H]1COC(C2(C3=N[C@H](C(=O)OC)CO3)Cc3ccccc3-c3ccccc3C2)=N1. The maximum atomic E-state index is 12.2. The molecule has 0 aromatic heterocycles. The third kappa shape index (κ3) is 3.55. The van der Waals surface area contributed by atoms with Gasteiger partial charge in [0.05, 0.1) is 14.2 Å². The van der Waals surface area contributed by atoms with Gasteiger partial charge in [0.1, 0.15) is 18.6 Å². The molecule has 5 rings (SSSR count). The lowest BCUT2D eigenvalue weighted by molar-refractivity contribution is -0.143. The van der Waals surface area contributed by atoms with E-state index in [2.05, 4.69) is 34.3 Å². The van der Waals surface area contributed by atoms with Crippen LogP contribution in [0.25, 0.3) is 11.1 Å². The standard InChI is InChI=1S/C25H24N2O6/c1-30-21(28)19-13-32-23(26-19)25(24-27-20(14-33-24)22(29)31-2)11-15-7-3-5-9-17(15)18-10-6-4-8-16(18)12-25/h3-10,19-20H,11-14H2,1-2H3/t19-,20-/m0/s1.